The SMILES string of the molecule is NC=C(Cn1ccnc1-c1ccc(F)cc1C=O)C(Br)=NCC(F)F. The van der Waals surface area contributed by atoms with Crippen molar-refractivity contribution in [2.45, 2.75) is 13.0 Å². The summed E-state index contributed by atoms with van der Waals surface area (Å²) in [7, 11) is 0. The number of allylic oxidation sites excluding steroid dienone is 1. The van der Waals surface area contributed by atoms with Gasteiger partial charge in [-0.25, -0.2) is 18.2 Å². The van der Waals surface area contributed by atoms with Crippen molar-refractivity contribution in [1.29, 1.82) is 0 Å². The molecule has 0 aliphatic heterocycles. The average molecular weight is 415 g/mol. The number of hydrogen-bond donors (Lipinski definition) is 1. The monoisotopic (exact) mass is 414 g/mol. The van der Waals surface area contributed by atoms with E-state index in [2.05, 4.69) is 25.9 Å². The van der Waals surface area contributed by atoms with Crippen LogP contribution in [0.2, 0.25) is 0 Å². The van der Waals surface area contributed by atoms with Crippen LogP contribution >= 0.6 is 15.9 Å². The Labute approximate surface area is 150 Å². The molecule has 0 unspecified atom stereocenters. The van der Waals surface area contributed by atoms with Crippen LogP contribution in [0.25, 0.3) is 11.4 Å². The van der Waals surface area contributed by atoms with Crippen molar-refractivity contribution in [3.8, 4) is 11.4 Å². The number of halogens is 4. The van der Waals surface area contributed by atoms with E-state index in [1.165, 1.54) is 24.5 Å². The lowest BCUT2D eigenvalue weighted by molar-refractivity contribution is 0.112. The van der Waals surface area contributed by atoms with E-state index < -0.39 is 18.8 Å². The van der Waals surface area contributed by atoms with Gasteiger partial charge in [0, 0.05) is 35.3 Å². The molecule has 132 valence electrons. The van der Waals surface area contributed by atoms with Gasteiger partial charge in [0.15, 0.2) is 6.29 Å². The molecule has 2 rings (SSSR count). The van der Waals surface area contributed by atoms with Crippen LogP contribution in [0.1, 0.15) is 10.4 Å². The maximum absolute atomic E-state index is 13.3. The Bertz CT molecular complexity index is 817. The Kier molecular flexibility index (Phi) is 6.51. The number of aromatic nitrogens is 2. The van der Waals surface area contributed by atoms with Crippen LogP contribution < -0.4 is 5.73 Å². The molecule has 1 aromatic heterocycles. The number of rotatable bonds is 7. The van der Waals surface area contributed by atoms with Crippen molar-refractivity contribution < 1.29 is 18.0 Å². The first-order valence-electron chi connectivity index (χ1n) is 7.11. The van der Waals surface area contributed by atoms with Gasteiger partial charge >= 0.3 is 0 Å². The Balaban J connectivity index is 2.33. The average Bonchev–Trinajstić information content (AvgIpc) is 3.05. The molecule has 2 aromatic rings. The van der Waals surface area contributed by atoms with Crippen LogP contribution in [0.4, 0.5) is 13.2 Å². The number of nitrogens with two attached hydrogens (primary N) is 1. The molecule has 0 aliphatic carbocycles. The van der Waals surface area contributed by atoms with Gasteiger partial charge in [-0.05, 0) is 34.1 Å². The van der Waals surface area contributed by atoms with Crippen molar-refractivity contribution in [2.75, 3.05) is 6.54 Å². The van der Waals surface area contributed by atoms with E-state index in [9.17, 15) is 18.0 Å². The van der Waals surface area contributed by atoms with Gasteiger partial charge < -0.3 is 10.3 Å². The molecule has 0 saturated heterocycles. The molecule has 0 aliphatic rings. The summed E-state index contributed by atoms with van der Waals surface area (Å²) in [6.07, 6.45) is 2.35. The largest absolute Gasteiger partial charge is 0.404 e. The molecular weight excluding hydrogens is 401 g/mol. The van der Waals surface area contributed by atoms with Crippen LogP contribution in [0.5, 0.6) is 0 Å². The zero-order valence-corrected chi connectivity index (χ0v) is 14.5. The van der Waals surface area contributed by atoms with Gasteiger partial charge in [0.1, 0.15) is 22.8 Å². The quantitative estimate of drug-likeness (QED) is 0.557. The molecule has 1 aromatic carbocycles. The summed E-state index contributed by atoms with van der Waals surface area (Å²) in [4.78, 5) is 19.1. The highest BCUT2D eigenvalue weighted by Crippen LogP contribution is 2.23. The minimum Gasteiger partial charge on any atom is -0.404 e. The van der Waals surface area contributed by atoms with Gasteiger partial charge in [-0.3, -0.25) is 9.79 Å². The molecule has 2 N–H and O–H groups in total. The smallest absolute Gasteiger partial charge is 0.257 e. The molecule has 9 heteroatoms. The lowest BCUT2D eigenvalue weighted by Gasteiger charge is -2.11. The molecule has 0 radical (unpaired) electrons. The van der Waals surface area contributed by atoms with Gasteiger partial charge in [0.05, 0.1) is 6.54 Å². The maximum atomic E-state index is 13.3. The van der Waals surface area contributed by atoms with Gasteiger partial charge in [-0.2, -0.15) is 0 Å². The molecule has 0 spiro atoms. The van der Waals surface area contributed by atoms with Crippen molar-refractivity contribution in [3.05, 3.63) is 53.7 Å². The van der Waals surface area contributed by atoms with E-state index in [0.29, 0.717) is 23.2 Å². The third-order valence-electron chi connectivity index (χ3n) is 3.27. The molecule has 25 heavy (non-hydrogen) atoms. The normalized spacial score (nSPS) is 12.7. The topological polar surface area (TPSA) is 73.3 Å². The molecule has 0 fully saturated rings. The molecule has 0 amide bonds. The van der Waals surface area contributed by atoms with E-state index in [1.807, 2.05) is 0 Å². The van der Waals surface area contributed by atoms with E-state index in [0.717, 1.165) is 6.07 Å². The molecular formula is C16H14BrF3N4O. The molecule has 5 nitrogen and oxygen atoms in total. The van der Waals surface area contributed by atoms with Crippen LogP contribution in [-0.2, 0) is 6.54 Å². The van der Waals surface area contributed by atoms with E-state index in [-0.39, 0.29) is 16.7 Å². The number of carbonyl (C=O) groups is 1. The zero-order chi connectivity index (χ0) is 18.4. The minimum absolute atomic E-state index is 0.149. The second-order valence-corrected chi connectivity index (χ2v) is 5.69. The number of carbonyl (C=O) groups excluding carboxylic acids is 1. The Morgan fingerprint density at radius 3 is 2.84 bits per heavy atom. The summed E-state index contributed by atoms with van der Waals surface area (Å²) in [5.41, 5.74) is 6.61. The second-order valence-electron chi connectivity index (χ2n) is 4.94. The van der Waals surface area contributed by atoms with E-state index in [1.54, 1.807) is 10.8 Å². The lowest BCUT2D eigenvalue weighted by atomic mass is 10.1. The summed E-state index contributed by atoms with van der Waals surface area (Å²) in [5, 5.41) is 0. The summed E-state index contributed by atoms with van der Waals surface area (Å²) < 4.78 is 39.7. The number of aliphatic imine (C=N–C) groups is 1. The van der Waals surface area contributed by atoms with Crippen LogP contribution in [0.3, 0.4) is 0 Å². The highest BCUT2D eigenvalue weighted by molar-refractivity contribution is 9.18. The number of alkyl halides is 2. The van der Waals surface area contributed by atoms with Gasteiger partial charge in [0.2, 0.25) is 0 Å². The highest BCUT2D eigenvalue weighted by atomic mass is 79.9. The number of imidazole rings is 1. The third-order valence-corrected chi connectivity index (χ3v) is 4.03. The summed E-state index contributed by atoms with van der Waals surface area (Å²) >= 11 is 3.13. The Morgan fingerprint density at radius 2 is 2.20 bits per heavy atom. The maximum Gasteiger partial charge on any atom is 0.257 e. The first-order valence-corrected chi connectivity index (χ1v) is 7.91. The first kappa shape index (κ1) is 18.9. The predicted octanol–water partition coefficient (Wildman–Crippen LogP) is 3.40. The van der Waals surface area contributed by atoms with Crippen molar-refractivity contribution in [3.63, 3.8) is 0 Å². The van der Waals surface area contributed by atoms with Gasteiger partial charge in [0.25, 0.3) is 6.43 Å². The van der Waals surface area contributed by atoms with Crippen LogP contribution in [-0.4, -0.2) is 33.4 Å². The number of aldehydes is 1. The van der Waals surface area contributed by atoms with Crippen LogP contribution in [0, 0.1) is 5.82 Å². The van der Waals surface area contributed by atoms with Crippen LogP contribution in [0.15, 0.2) is 47.4 Å². The molecule has 0 saturated carbocycles. The first-order chi connectivity index (χ1) is 12.0. The molecule has 0 atom stereocenters. The fourth-order valence-electron chi connectivity index (χ4n) is 2.14. The standard InChI is InChI=1S/C16H14BrF3N4O/c17-15(23-7-14(19)20)11(6-21)8-24-4-3-22-16(24)13-2-1-12(18)5-10(13)9-25/h1-6,9,14H,7-8,21H2. The summed E-state index contributed by atoms with van der Waals surface area (Å²) in [5.74, 6) is -0.121. The third kappa shape index (κ3) is 4.79. The van der Waals surface area contributed by atoms with Gasteiger partial charge in [-0.1, -0.05) is 0 Å². The Morgan fingerprint density at radius 1 is 1.44 bits per heavy atom. The number of nitrogens with zero attached hydrogens (tertiary/aromatic N) is 3. The fourth-order valence-corrected chi connectivity index (χ4v) is 2.54. The number of benzene rings is 1. The van der Waals surface area contributed by atoms with Crippen molar-refractivity contribution in [1.82, 2.24) is 9.55 Å². The lowest BCUT2D eigenvalue weighted by Crippen LogP contribution is -2.10. The highest BCUT2D eigenvalue weighted by Gasteiger charge is 2.14. The van der Waals surface area contributed by atoms with Crippen molar-refractivity contribution in [2.24, 2.45) is 10.7 Å². The van der Waals surface area contributed by atoms with Crippen molar-refractivity contribution >= 4 is 26.8 Å². The van der Waals surface area contributed by atoms with E-state index in [4.69, 9.17) is 5.73 Å². The minimum atomic E-state index is -2.57. The molecule has 1 heterocycles. The fraction of sp³-hybridized carbons (Fsp3) is 0.188. The number of hydrogen-bond acceptors (Lipinski definition) is 4. The predicted molar refractivity (Wildman–Crippen MR) is 92.5 cm³/mol. The Hall–Kier alpha value is -2.42. The second kappa shape index (κ2) is 8.61. The zero-order valence-electron chi connectivity index (χ0n) is 12.9. The van der Waals surface area contributed by atoms with E-state index >= 15 is 0 Å². The summed E-state index contributed by atoms with van der Waals surface area (Å²) in [6.45, 7) is -0.475. The molecule has 0 bridgehead atoms. The van der Waals surface area contributed by atoms with Gasteiger partial charge in [-0.15, -0.1) is 0 Å². The summed E-state index contributed by atoms with van der Waals surface area (Å²) in [6, 6.07) is 3.78.